The van der Waals surface area contributed by atoms with Gasteiger partial charge >= 0.3 is 18.2 Å². The average molecular weight is 456 g/mol. The molecule has 1 aliphatic rings. The molecule has 0 unspecified atom stereocenters. The maximum Gasteiger partial charge on any atom is 0.408 e. The molecule has 4 atom stereocenters. The lowest BCUT2D eigenvalue weighted by atomic mass is 9.91. The Labute approximate surface area is 182 Å². The molecule has 31 heavy (non-hydrogen) atoms. The summed E-state index contributed by atoms with van der Waals surface area (Å²) in [6.45, 7) is 8.68. The molecule has 10 heteroatoms. The van der Waals surface area contributed by atoms with Crippen LogP contribution in [0.3, 0.4) is 0 Å². The Bertz CT molecular complexity index is 564. The first-order valence-electron chi connectivity index (χ1n) is 10.8. The second-order valence-electron chi connectivity index (χ2n) is 8.81. The summed E-state index contributed by atoms with van der Waals surface area (Å²) in [5, 5.41) is 2.46. The topological polar surface area (TPSA) is 83.1 Å². The second kappa shape index (κ2) is 12.5. The van der Waals surface area contributed by atoms with Crippen LogP contribution in [0.15, 0.2) is 0 Å². The van der Waals surface area contributed by atoms with Crippen molar-refractivity contribution in [1.29, 1.82) is 0 Å². The average Bonchev–Trinajstić information content (AvgIpc) is 2.65. The fourth-order valence-electron chi connectivity index (χ4n) is 3.24. The molecule has 0 aromatic heterocycles. The number of alkyl halides is 3. The van der Waals surface area contributed by atoms with E-state index in [0.717, 1.165) is 12.8 Å². The Morgan fingerprint density at radius 1 is 1.19 bits per heavy atom. The number of alkyl carbamates (subject to hydrolysis) is 1. The number of rotatable bonds is 8. The molecule has 0 aromatic carbocycles. The normalized spacial score (nSPS) is 25.7. The first kappa shape index (κ1) is 27.5. The number of carbonyl (C=O) groups excluding carboxylic acids is 2. The van der Waals surface area contributed by atoms with Crippen molar-refractivity contribution in [3.05, 3.63) is 0 Å². The van der Waals surface area contributed by atoms with E-state index in [1.54, 1.807) is 27.7 Å². The standard InChI is InChI=1S/C21H36F3NO6/c1-6-7-9-15-14(2)30-18(26)16(25-19(27)31-20(3,4)5)12-28-13-17(15)29-11-8-10-21(22,23)24/h14-17H,6-13H2,1-5H3,(H,25,27)/t14-,15-,16-,17-/m0/s1. The summed E-state index contributed by atoms with van der Waals surface area (Å²) < 4.78 is 59.3. The van der Waals surface area contributed by atoms with E-state index in [-0.39, 0.29) is 32.2 Å². The van der Waals surface area contributed by atoms with Crippen molar-refractivity contribution in [3.8, 4) is 0 Å². The highest BCUT2D eigenvalue weighted by Crippen LogP contribution is 2.26. The number of unbranched alkanes of at least 4 members (excludes halogenated alkanes) is 1. The van der Waals surface area contributed by atoms with Crippen LogP contribution in [0.2, 0.25) is 0 Å². The SMILES string of the molecule is CCCC[C@H]1[C@H](C)OC(=O)[C@@H](NC(=O)OC(C)(C)C)COC[C@@H]1OCCCC(F)(F)F. The van der Waals surface area contributed by atoms with Crippen LogP contribution in [-0.4, -0.2) is 61.9 Å². The van der Waals surface area contributed by atoms with Gasteiger partial charge in [-0.3, -0.25) is 0 Å². The zero-order chi connectivity index (χ0) is 23.7. The Balaban J connectivity index is 2.81. The molecule has 0 aromatic rings. The van der Waals surface area contributed by atoms with Crippen LogP contribution < -0.4 is 5.32 Å². The molecule has 0 spiro atoms. The van der Waals surface area contributed by atoms with Crippen molar-refractivity contribution in [2.75, 3.05) is 19.8 Å². The van der Waals surface area contributed by atoms with Crippen molar-refractivity contribution in [1.82, 2.24) is 5.32 Å². The molecule has 0 radical (unpaired) electrons. The summed E-state index contributed by atoms with van der Waals surface area (Å²) in [6.07, 6.45) is -4.75. The van der Waals surface area contributed by atoms with Crippen molar-refractivity contribution in [2.45, 2.75) is 96.7 Å². The van der Waals surface area contributed by atoms with Crippen LogP contribution in [0.4, 0.5) is 18.0 Å². The summed E-state index contributed by atoms with van der Waals surface area (Å²) in [6, 6.07) is -1.06. The first-order valence-corrected chi connectivity index (χ1v) is 10.8. The van der Waals surface area contributed by atoms with Gasteiger partial charge in [0.25, 0.3) is 0 Å². The zero-order valence-electron chi connectivity index (χ0n) is 19.0. The lowest BCUT2D eigenvalue weighted by Gasteiger charge is -2.30. The van der Waals surface area contributed by atoms with Crippen LogP contribution in [0.25, 0.3) is 0 Å². The fraction of sp³-hybridized carbons (Fsp3) is 0.905. The number of cyclic esters (lactones) is 1. The third-order valence-electron chi connectivity index (χ3n) is 4.75. The van der Waals surface area contributed by atoms with Gasteiger partial charge in [-0.05, 0) is 40.5 Å². The van der Waals surface area contributed by atoms with Gasteiger partial charge in [-0.25, -0.2) is 9.59 Å². The van der Waals surface area contributed by atoms with Gasteiger partial charge in [0, 0.05) is 18.9 Å². The maximum absolute atomic E-state index is 12.6. The number of carbonyl (C=O) groups is 2. The second-order valence-corrected chi connectivity index (χ2v) is 8.81. The van der Waals surface area contributed by atoms with Crippen LogP contribution in [0.1, 0.15) is 66.7 Å². The molecule has 182 valence electrons. The van der Waals surface area contributed by atoms with Gasteiger partial charge in [-0.1, -0.05) is 19.8 Å². The molecule has 7 nitrogen and oxygen atoms in total. The third kappa shape index (κ3) is 11.6. The quantitative estimate of drug-likeness (QED) is 0.432. The number of halogens is 3. The number of hydrogen-bond donors (Lipinski definition) is 1. The predicted octanol–water partition coefficient (Wildman–Crippen LogP) is 4.38. The number of hydrogen-bond acceptors (Lipinski definition) is 6. The van der Waals surface area contributed by atoms with Crippen molar-refractivity contribution in [2.24, 2.45) is 5.92 Å². The number of esters is 1. The van der Waals surface area contributed by atoms with Gasteiger partial charge in [0.05, 0.1) is 19.3 Å². The molecule has 0 saturated carbocycles. The highest BCUT2D eigenvalue weighted by atomic mass is 19.4. The van der Waals surface area contributed by atoms with E-state index >= 15 is 0 Å². The molecule has 1 rings (SSSR count). The number of amides is 1. The molecule has 1 saturated heterocycles. The Hall–Kier alpha value is -1.55. The van der Waals surface area contributed by atoms with E-state index in [1.807, 2.05) is 6.92 Å². The number of ether oxygens (including phenoxy) is 4. The van der Waals surface area contributed by atoms with E-state index in [9.17, 15) is 22.8 Å². The Morgan fingerprint density at radius 3 is 2.45 bits per heavy atom. The third-order valence-corrected chi connectivity index (χ3v) is 4.75. The summed E-state index contributed by atoms with van der Waals surface area (Å²) >= 11 is 0. The molecule has 1 fully saturated rings. The van der Waals surface area contributed by atoms with E-state index in [1.165, 1.54) is 0 Å². The first-order chi connectivity index (χ1) is 14.3. The van der Waals surface area contributed by atoms with E-state index < -0.39 is 48.5 Å². The molecule has 0 aliphatic carbocycles. The van der Waals surface area contributed by atoms with Gasteiger partial charge in [0.1, 0.15) is 11.7 Å². The zero-order valence-corrected chi connectivity index (χ0v) is 19.0. The summed E-state index contributed by atoms with van der Waals surface area (Å²) in [7, 11) is 0. The fourth-order valence-corrected chi connectivity index (χ4v) is 3.24. The Kier molecular flexibility index (Phi) is 11.1. The van der Waals surface area contributed by atoms with Crippen LogP contribution >= 0.6 is 0 Å². The summed E-state index contributed by atoms with van der Waals surface area (Å²) in [4.78, 5) is 24.6. The minimum atomic E-state index is -4.23. The van der Waals surface area contributed by atoms with Crippen molar-refractivity contribution < 1.29 is 41.7 Å². The highest BCUT2D eigenvalue weighted by Gasteiger charge is 2.35. The predicted molar refractivity (Wildman–Crippen MR) is 108 cm³/mol. The van der Waals surface area contributed by atoms with E-state index in [0.29, 0.717) is 6.42 Å². The molecule has 1 heterocycles. The highest BCUT2D eigenvalue weighted by molar-refractivity contribution is 5.81. The maximum atomic E-state index is 12.6. The minimum Gasteiger partial charge on any atom is -0.461 e. The van der Waals surface area contributed by atoms with Crippen LogP contribution in [0, 0.1) is 5.92 Å². The summed E-state index contributed by atoms with van der Waals surface area (Å²) in [5.41, 5.74) is -0.735. The van der Waals surface area contributed by atoms with Crippen molar-refractivity contribution >= 4 is 12.1 Å². The molecule has 0 bridgehead atoms. The molecule has 1 N–H and O–H groups in total. The molecule has 1 aliphatic heterocycles. The summed E-state index contributed by atoms with van der Waals surface area (Å²) in [5.74, 6) is -0.896. The monoisotopic (exact) mass is 455 g/mol. The molecule has 1 amide bonds. The number of nitrogens with one attached hydrogen (secondary N) is 1. The van der Waals surface area contributed by atoms with Crippen LogP contribution in [-0.2, 0) is 23.7 Å². The minimum absolute atomic E-state index is 0.0730. The van der Waals surface area contributed by atoms with Crippen molar-refractivity contribution in [3.63, 3.8) is 0 Å². The van der Waals surface area contributed by atoms with E-state index in [4.69, 9.17) is 18.9 Å². The molecular weight excluding hydrogens is 419 g/mol. The lowest BCUT2D eigenvalue weighted by Crippen LogP contribution is -2.47. The van der Waals surface area contributed by atoms with Crippen LogP contribution in [0.5, 0.6) is 0 Å². The molecular formula is C21H36F3NO6. The largest absolute Gasteiger partial charge is 0.461 e. The van der Waals surface area contributed by atoms with Gasteiger partial charge in [-0.15, -0.1) is 0 Å². The van der Waals surface area contributed by atoms with Gasteiger partial charge in [0.2, 0.25) is 0 Å². The smallest absolute Gasteiger partial charge is 0.408 e. The van der Waals surface area contributed by atoms with Gasteiger partial charge in [0.15, 0.2) is 6.04 Å². The Morgan fingerprint density at radius 2 is 1.87 bits per heavy atom. The van der Waals surface area contributed by atoms with Gasteiger partial charge in [-0.2, -0.15) is 13.2 Å². The van der Waals surface area contributed by atoms with Gasteiger partial charge < -0.3 is 24.3 Å². The lowest BCUT2D eigenvalue weighted by molar-refractivity contribution is -0.156. The van der Waals surface area contributed by atoms with E-state index in [2.05, 4.69) is 5.32 Å².